The Labute approximate surface area is 77.4 Å². The number of ether oxygens (including phenoxy) is 1. The molecule has 0 radical (unpaired) electrons. The van der Waals surface area contributed by atoms with E-state index in [0.29, 0.717) is 12.8 Å². The van der Waals surface area contributed by atoms with Gasteiger partial charge in [-0.2, -0.15) is 0 Å². The third-order valence-corrected chi connectivity index (χ3v) is 3.21. The van der Waals surface area contributed by atoms with Gasteiger partial charge in [-0.3, -0.25) is 4.79 Å². The summed E-state index contributed by atoms with van der Waals surface area (Å²) in [5, 5.41) is 9.67. The molecule has 72 valence electrons. The molecule has 2 aliphatic rings. The molecule has 1 fully saturated rings. The van der Waals surface area contributed by atoms with E-state index in [2.05, 4.69) is 0 Å². The normalized spacial score (nSPS) is 38.7. The van der Waals surface area contributed by atoms with Crippen molar-refractivity contribution in [3.63, 3.8) is 0 Å². The molecule has 0 aromatic rings. The average molecular weight is 182 g/mol. The van der Waals surface area contributed by atoms with E-state index in [0.717, 1.165) is 11.1 Å². The van der Waals surface area contributed by atoms with Gasteiger partial charge in [-0.1, -0.05) is 0 Å². The number of hydrogen-bond donors (Lipinski definition) is 1. The molecule has 0 bridgehead atoms. The molecule has 3 heteroatoms. The van der Waals surface area contributed by atoms with Crippen LogP contribution in [0.5, 0.6) is 0 Å². The summed E-state index contributed by atoms with van der Waals surface area (Å²) in [5.41, 5.74) is 1.86. The van der Waals surface area contributed by atoms with Gasteiger partial charge in [0.25, 0.3) is 0 Å². The molecule has 3 nitrogen and oxygen atoms in total. The standard InChI is InChI=1S/C10H14O3/c1-5-7(11)3-6-8(12)4-9(13-2)10(5)6/h6,8-9,12H,3-4H2,1-2H3/t6-,8+,9-/m1/s1. The lowest BCUT2D eigenvalue weighted by atomic mass is 10.0. The van der Waals surface area contributed by atoms with Gasteiger partial charge in [0.05, 0.1) is 12.2 Å². The molecule has 2 aliphatic carbocycles. The number of carbonyl (C=O) groups is 1. The summed E-state index contributed by atoms with van der Waals surface area (Å²) in [7, 11) is 1.63. The third kappa shape index (κ3) is 1.15. The number of hydrogen-bond acceptors (Lipinski definition) is 3. The topological polar surface area (TPSA) is 46.5 Å². The monoisotopic (exact) mass is 182 g/mol. The van der Waals surface area contributed by atoms with Gasteiger partial charge < -0.3 is 9.84 Å². The van der Waals surface area contributed by atoms with Crippen LogP contribution in [0.4, 0.5) is 0 Å². The average Bonchev–Trinajstić information content (AvgIpc) is 2.55. The van der Waals surface area contributed by atoms with Gasteiger partial charge in [0.15, 0.2) is 5.78 Å². The molecule has 3 atom stereocenters. The smallest absolute Gasteiger partial charge is 0.159 e. The first-order valence-electron chi connectivity index (χ1n) is 4.60. The Bertz CT molecular complexity index is 280. The highest BCUT2D eigenvalue weighted by atomic mass is 16.5. The SMILES string of the molecule is CO[C@@H]1C[C@H](O)[C@H]2CC(=O)C(C)=C12. The zero-order valence-electron chi connectivity index (χ0n) is 7.91. The summed E-state index contributed by atoms with van der Waals surface area (Å²) in [6.45, 7) is 1.84. The van der Waals surface area contributed by atoms with E-state index in [1.807, 2.05) is 6.92 Å². The number of aliphatic hydroxyl groups is 1. The predicted molar refractivity (Wildman–Crippen MR) is 47.2 cm³/mol. The Kier molecular flexibility index (Phi) is 2.00. The van der Waals surface area contributed by atoms with Crippen LogP contribution in [-0.2, 0) is 9.53 Å². The van der Waals surface area contributed by atoms with Gasteiger partial charge in [0.1, 0.15) is 0 Å². The highest BCUT2D eigenvalue weighted by molar-refractivity contribution is 5.99. The second-order valence-corrected chi connectivity index (χ2v) is 3.84. The lowest BCUT2D eigenvalue weighted by Crippen LogP contribution is -2.13. The molecule has 13 heavy (non-hydrogen) atoms. The summed E-state index contributed by atoms with van der Waals surface area (Å²) < 4.78 is 5.24. The van der Waals surface area contributed by atoms with Gasteiger partial charge in [-0.15, -0.1) is 0 Å². The molecule has 0 aromatic heterocycles. The molecule has 2 rings (SSSR count). The molecule has 0 amide bonds. The van der Waals surface area contributed by atoms with E-state index < -0.39 is 0 Å². The van der Waals surface area contributed by atoms with Gasteiger partial charge in [-0.05, 0) is 18.1 Å². The van der Waals surface area contributed by atoms with Crippen LogP contribution in [0.25, 0.3) is 0 Å². The van der Waals surface area contributed by atoms with Crippen LogP contribution >= 0.6 is 0 Å². The number of fused-ring (bicyclic) bond motifs is 1. The number of ketones is 1. The van der Waals surface area contributed by atoms with E-state index in [1.165, 1.54) is 0 Å². The maximum absolute atomic E-state index is 11.4. The first-order chi connectivity index (χ1) is 6.15. The Morgan fingerprint density at radius 3 is 2.85 bits per heavy atom. The molecule has 0 aliphatic heterocycles. The fraction of sp³-hybridized carbons (Fsp3) is 0.700. The Hall–Kier alpha value is -0.670. The van der Waals surface area contributed by atoms with Crippen molar-refractivity contribution in [2.45, 2.75) is 32.0 Å². The molecule has 0 heterocycles. The van der Waals surface area contributed by atoms with Crippen LogP contribution in [0.3, 0.4) is 0 Å². The number of allylic oxidation sites excluding steroid dienone is 1. The minimum absolute atomic E-state index is 0.0357. The Morgan fingerprint density at radius 2 is 2.23 bits per heavy atom. The Morgan fingerprint density at radius 1 is 1.54 bits per heavy atom. The second-order valence-electron chi connectivity index (χ2n) is 3.84. The van der Waals surface area contributed by atoms with Crippen LogP contribution in [0.1, 0.15) is 19.8 Å². The van der Waals surface area contributed by atoms with Crippen molar-refractivity contribution in [3.05, 3.63) is 11.1 Å². The third-order valence-electron chi connectivity index (χ3n) is 3.21. The molecule has 0 saturated heterocycles. The molecular formula is C10H14O3. The molecule has 0 unspecified atom stereocenters. The highest BCUT2D eigenvalue weighted by Gasteiger charge is 2.44. The number of rotatable bonds is 1. The summed E-state index contributed by atoms with van der Waals surface area (Å²) in [6.07, 6.45) is 0.691. The van der Waals surface area contributed by atoms with E-state index >= 15 is 0 Å². The first kappa shape index (κ1) is 8.91. The maximum atomic E-state index is 11.4. The molecule has 0 aromatic carbocycles. The van der Waals surface area contributed by atoms with Crippen molar-refractivity contribution in [1.29, 1.82) is 0 Å². The number of methoxy groups -OCH3 is 1. The van der Waals surface area contributed by atoms with E-state index in [1.54, 1.807) is 7.11 Å². The largest absolute Gasteiger partial charge is 0.392 e. The van der Waals surface area contributed by atoms with Gasteiger partial charge in [0, 0.05) is 25.9 Å². The predicted octanol–water partition coefficient (Wildman–Crippen LogP) is 0.671. The number of Topliss-reactive ketones (excluding diaryl/α,β-unsaturated/α-hetero) is 1. The zero-order chi connectivity index (χ0) is 9.59. The molecule has 1 saturated carbocycles. The van der Waals surface area contributed by atoms with Gasteiger partial charge >= 0.3 is 0 Å². The van der Waals surface area contributed by atoms with Crippen molar-refractivity contribution in [3.8, 4) is 0 Å². The molecule has 1 N–H and O–H groups in total. The summed E-state index contributed by atoms with van der Waals surface area (Å²) >= 11 is 0. The van der Waals surface area contributed by atoms with E-state index in [-0.39, 0.29) is 23.9 Å². The minimum atomic E-state index is -0.388. The van der Waals surface area contributed by atoms with Crippen LogP contribution in [-0.4, -0.2) is 30.2 Å². The highest BCUT2D eigenvalue weighted by Crippen LogP contribution is 2.43. The lowest BCUT2D eigenvalue weighted by Gasteiger charge is -2.09. The van der Waals surface area contributed by atoms with Crippen LogP contribution in [0.15, 0.2) is 11.1 Å². The molecule has 0 spiro atoms. The first-order valence-corrected chi connectivity index (χ1v) is 4.60. The van der Waals surface area contributed by atoms with Crippen LogP contribution in [0, 0.1) is 5.92 Å². The number of carbonyl (C=O) groups excluding carboxylic acids is 1. The van der Waals surface area contributed by atoms with Gasteiger partial charge in [0.2, 0.25) is 0 Å². The minimum Gasteiger partial charge on any atom is -0.392 e. The van der Waals surface area contributed by atoms with E-state index in [4.69, 9.17) is 4.74 Å². The quantitative estimate of drug-likeness (QED) is 0.648. The summed E-state index contributed by atoms with van der Waals surface area (Å²) in [5.74, 6) is 0.207. The fourth-order valence-corrected chi connectivity index (χ4v) is 2.46. The van der Waals surface area contributed by atoms with Crippen molar-refractivity contribution in [1.82, 2.24) is 0 Å². The van der Waals surface area contributed by atoms with Gasteiger partial charge in [-0.25, -0.2) is 0 Å². The van der Waals surface area contributed by atoms with Crippen molar-refractivity contribution in [2.24, 2.45) is 5.92 Å². The van der Waals surface area contributed by atoms with Crippen molar-refractivity contribution in [2.75, 3.05) is 7.11 Å². The van der Waals surface area contributed by atoms with Crippen LogP contribution in [0.2, 0.25) is 0 Å². The number of aliphatic hydroxyl groups excluding tert-OH is 1. The van der Waals surface area contributed by atoms with E-state index in [9.17, 15) is 9.90 Å². The zero-order valence-corrected chi connectivity index (χ0v) is 7.91. The fourth-order valence-electron chi connectivity index (χ4n) is 2.46. The second kappa shape index (κ2) is 2.93. The summed E-state index contributed by atoms with van der Waals surface area (Å²) in [6, 6.07) is 0. The lowest BCUT2D eigenvalue weighted by molar-refractivity contribution is -0.115. The maximum Gasteiger partial charge on any atom is 0.159 e. The van der Waals surface area contributed by atoms with Crippen LogP contribution < -0.4 is 0 Å². The summed E-state index contributed by atoms with van der Waals surface area (Å²) in [4.78, 5) is 11.4. The Balaban J connectivity index is 2.37. The van der Waals surface area contributed by atoms with Crippen molar-refractivity contribution >= 4 is 5.78 Å². The van der Waals surface area contributed by atoms with Crippen molar-refractivity contribution < 1.29 is 14.6 Å². The molecular weight excluding hydrogens is 168 g/mol.